The van der Waals surface area contributed by atoms with Crippen molar-refractivity contribution in [2.75, 3.05) is 5.75 Å². The average Bonchev–Trinajstić information content (AvgIpc) is 2.81. The van der Waals surface area contributed by atoms with Crippen LogP contribution >= 0.6 is 11.8 Å². The van der Waals surface area contributed by atoms with Crippen LogP contribution in [-0.4, -0.2) is 59.8 Å². The van der Waals surface area contributed by atoms with E-state index in [2.05, 4.69) is 10.3 Å². The number of hydrogen-bond acceptors (Lipinski definition) is 7. The Kier molecular flexibility index (Phi) is 3.55. The molecule has 3 N–H and O–H groups in total. The van der Waals surface area contributed by atoms with E-state index in [9.17, 15) is 15.3 Å². The van der Waals surface area contributed by atoms with Crippen molar-refractivity contribution in [3.63, 3.8) is 0 Å². The molecule has 0 aliphatic carbocycles. The van der Waals surface area contributed by atoms with Crippen LogP contribution in [0.15, 0.2) is 18.2 Å². The van der Waals surface area contributed by atoms with Crippen LogP contribution in [0.3, 0.4) is 0 Å². The highest BCUT2D eigenvalue weighted by Crippen LogP contribution is 2.30. The number of aliphatic hydroxyl groups is 3. The zero-order valence-electron chi connectivity index (χ0n) is 10.7. The molecule has 0 unspecified atom stereocenters. The monoisotopic (exact) mass is 297 g/mol. The average molecular weight is 297 g/mol. The number of benzene rings is 1. The predicted molar refractivity (Wildman–Crippen MR) is 73.4 cm³/mol. The van der Waals surface area contributed by atoms with Gasteiger partial charge in [0.2, 0.25) is 0 Å². The number of hydrogen-bond donors (Lipinski definition) is 3. The fourth-order valence-electron chi connectivity index (χ4n) is 2.11. The molecule has 1 saturated heterocycles. The Labute approximate surface area is 119 Å². The molecule has 1 aromatic carbocycles. The lowest BCUT2D eigenvalue weighted by molar-refractivity contribution is -0.0785. The second-order valence-electron chi connectivity index (χ2n) is 4.73. The summed E-state index contributed by atoms with van der Waals surface area (Å²) in [6, 6.07) is 5.32. The number of rotatable bonds is 2. The molecule has 1 aliphatic heterocycles. The number of ether oxygens (including phenoxy) is 1. The van der Waals surface area contributed by atoms with Crippen molar-refractivity contribution in [2.45, 2.75) is 23.7 Å². The molecule has 0 saturated carbocycles. The molecule has 20 heavy (non-hydrogen) atoms. The Balaban J connectivity index is 1.79. The Morgan fingerprint density at radius 3 is 2.90 bits per heavy atom. The summed E-state index contributed by atoms with van der Waals surface area (Å²) in [4.78, 5) is 0. The van der Waals surface area contributed by atoms with Gasteiger partial charge in [-0.05, 0) is 12.1 Å². The Hall–Kier alpha value is -1.35. The minimum absolute atomic E-state index is 0.316. The molecule has 2 aromatic rings. The molecular formula is C12H15N3O4S. The molecule has 1 aliphatic rings. The molecule has 3 rings (SSSR count). The molecule has 108 valence electrons. The van der Waals surface area contributed by atoms with Gasteiger partial charge in [0.15, 0.2) is 5.44 Å². The molecule has 0 spiro atoms. The third-order valence-corrected chi connectivity index (χ3v) is 4.53. The third-order valence-electron chi connectivity index (χ3n) is 3.29. The summed E-state index contributed by atoms with van der Waals surface area (Å²) < 4.78 is 7.32. The summed E-state index contributed by atoms with van der Waals surface area (Å²) in [7, 11) is 1.80. The molecule has 0 amide bonds. The van der Waals surface area contributed by atoms with Gasteiger partial charge in [-0.2, -0.15) is 0 Å². The van der Waals surface area contributed by atoms with Gasteiger partial charge in [0.25, 0.3) is 0 Å². The second kappa shape index (κ2) is 5.21. The SMILES string of the molecule is Cn1nnc2cc(O[C@@H]3SC[C@@H](O)[C@H](O)[C@H]3O)ccc21. The van der Waals surface area contributed by atoms with E-state index in [1.807, 2.05) is 6.07 Å². The number of aromatic nitrogens is 3. The van der Waals surface area contributed by atoms with E-state index in [1.54, 1.807) is 23.9 Å². The number of aryl methyl sites for hydroxylation is 1. The van der Waals surface area contributed by atoms with E-state index in [1.165, 1.54) is 11.8 Å². The fraction of sp³-hybridized carbons (Fsp3) is 0.500. The number of nitrogens with zero attached hydrogens (tertiary/aromatic N) is 3. The maximum absolute atomic E-state index is 9.90. The topological polar surface area (TPSA) is 101 Å². The first-order chi connectivity index (χ1) is 9.56. The normalized spacial score (nSPS) is 30.6. The van der Waals surface area contributed by atoms with Gasteiger partial charge in [0, 0.05) is 18.9 Å². The van der Waals surface area contributed by atoms with E-state index < -0.39 is 23.7 Å². The van der Waals surface area contributed by atoms with Crippen molar-refractivity contribution in [2.24, 2.45) is 7.05 Å². The standard InChI is InChI=1S/C12H15N3O4S/c1-15-8-3-2-6(4-7(8)13-14-15)19-12-11(18)10(17)9(16)5-20-12/h2-4,9-12,16-18H,5H2,1H3/t9-,10+,11-,12-/m1/s1. The Morgan fingerprint density at radius 2 is 2.10 bits per heavy atom. The van der Waals surface area contributed by atoms with E-state index in [0.717, 1.165) is 5.52 Å². The molecule has 2 heterocycles. The van der Waals surface area contributed by atoms with Gasteiger partial charge in [0.05, 0.1) is 11.6 Å². The van der Waals surface area contributed by atoms with Crippen LogP contribution < -0.4 is 4.74 Å². The molecule has 4 atom stereocenters. The van der Waals surface area contributed by atoms with Gasteiger partial charge in [-0.1, -0.05) is 5.21 Å². The van der Waals surface area contributed by atoms with Crippen molar-refractivity contribution >= 4 is 22.8 Å². The summed E-state index contributed by atoms with van der Waals surface area (Å²) in [6.07, 6.45) is -3.26. The smallest absolute Gasteiger partial charge is 0.173 e. The van der Waals surface area contributed by atoms with Gasteiger partial charge in [0.1, 0.15) is 23.5 Å². The summed E-state index contributed by atoms with van der Waals surface area (Å²) in [5.41, 5.74) is 0.952. The minimum atomic E-state index is -1.19. The summed E-state index contributed by atoms with van der Waals surface area (Å²) >= 11 is 1.27. The quantitative estimate of drug-likeness (QED) is 0.687. The third kappa shape index (κ3) is 2.35. The van der Waals surface area contributed by atoms with E-state index in [4.69, 9.17) is 4.74 Å². The lowest BCUT2D eigenvalue weighted by Crippen LogP contribution is -2.50. The van der Waals surface area contributed by atoms with Gasteiger partial charge in [-0.25, -0.2) is 4.68 Å². The summed E-state index contributed by atoms with van der Waals surface area (Å²) in [6.45, 7) is 0. The molecule has 0 radical (unpaired) electrons. The second-order valence-corrected chi connectivity index (χ2v) is 5.86. The summed E-state index contributed by atoms with van der Waals surface area (Å²) in [5, 5.41) is 36.9. The maximum atomic E-state index is 9.90. The van der Waals surface area contributed by atoms with Crippen molar-refractivity contribution in [3.8, 4) is 5.75 Å². The highest BCUT2D eigenvalue weighted by atomic mass is 32.2. The van der Waals surface area contributed by atoms with Crippen molar-refractivity contribution in [3.05, 3.63) is 18.2 Å². The van der Waals surface area contributed by atoms with Crippen LogP contribution in [0.25, 0.3) is 11.0 Å². The van der Waals surface area contributed by atoms with Gasteiger partial charge < -0.3 is 20.1 Å². The zero-order valence-corrected chi connectivity index (χ0v) is 11.6. The number of thioether (sulfide) groups is 1. The van der Waals surface area contributed by atoms with E-state index in [-0.39, 0.29) is 0 Å². The van der Waals surface area contributed by atoms with Crippen molar-refractivity contribution < 1.29 is 20.1 Å². The van der Waals surface area contributed by atoms with E-state index >= 15 is 0 Å². The van der Waals surface area contributed by atoms with Crippen LogP contribution in [-0.2, 0) is 7.05 Å². The first-order valence-electron chi connectivity index (χ1n) is 6.18. The van der Waals surface area contributed by atoms with Crippen LogP contribution in [0.4, 0.5) is 0 Å². The maximum Gasteiger partial charge on any atom is 0.173 e. The summed E-state index contributed by atoms with van der Waals surface area (Å²) in [5.74, 6) is 0.856. The van der Waals surface area contributed by atoms with Crippen LogP contribution in [0.1, 0.15) is 0 Å². The molecule has 0 bridgehead atoms. The highest BCUT2D eigenvalue weighted by Gasteiger charge is 2.38. The van der Waals surface area contributed by atoms with Crippen LogP contribution in [0.2, 0.25) is 0 Å². The molecule has 1 fully saturated rings. The largest absolute Gasteiger partial charge is 0.477 e. The minimum Gasteiger partial charge on any atom is -0.477 e. The molecule has 1 aromatic heterocycles. The first-order valence-corrected chi connectivity index (χ1v) is 7.23. The predicted octanol–water partition coefficient (Wildman–Crippen LogP) is -0.497. The Bertz CT molecular complexity index is 620. The van der Waals surface area contributed by atoms with Crippen molar-refractivity contribution in [1.82, 2.24) is 15.0 Å². The first kappa shape index (κ1) is 13.6. The lowest BCUT2D eigenvalue weighted by Gasteiger charge is -2.34. The van der Waals surface area contributed by atoms with Gasteiger partial charge >= 0.3 is 0 Å². The number of fused-ring (bicyclic) bond motifs is 1. The molecule has 7 nitrogen and oxygen atoms in total. The van der Waals surface area contributed by atoms with Crippen LogP contribution in [0, 0.1) is 0 Å². The van der Waals surface area contributed by atoms with Gasteiger partial charge in [-0.15, -0.1) is 16.9 Å². The van der Waals surface area contributed by atoms with Gasteiger partial charge in [-0.3, -0.25) is 0 Å². The number of aliphatic hydroxyl groups excluding tert-OH is 3. The fourth-order valence-corrected chi connectivity index (χ4v) is 3.23. The van der Waals surface area contributed by atoms with Crippen molar-refractivity contribution in [1.29, 1.82) is 0 Å². The van der Waals surface area contributed by atoms with Crippen LogP contribution in [0.5, 0.6) is 5.75 Å². The Morgan fingerprint density at radius 1 is 1.30 bits per heavy atom. The molecular weight excluding hydrogens is 282 g/mol. The lowest BCUT2D eigenvalue weighted by atomic mass is 10.1. The zero-order chi connectivity index (χ0) is 14.3. The highest BCUT2D eigenvalue weighted by molar-refractivity contribution is 7.99. The molecule has 8 heteroatoms. The van der Waals surface area contributed by atoms with E-state index in [0.29, 0.717) is 17.0 Å².